The maximum Gasteiger partial charge on any atom is 0.433 e. The van der Waals surface area contributed by atoms with Crippen molar-refractivity contribution < 1.29 is 18.0 Å². The fraction of sp³-hybridized carbons (Fsp3) is 0.565. The molecule has 162 valence electrons. The van der Waals surface area contributed by atoms with Crippen LogP contribution in [0.3, 0.4) is 0 Å². The number of carbonyl (C=O) groups is 1. The summed E-state index contributed by atoms with van der Waals surface area (Å²) in [5, 5.41) is 7.22. The van der Waals surface area contributed by atoms with Crippen molar-refractivity contribution in [2.24, 2.45) is 5.92 Å². The number of hydrogen-bond acceptors (Lipinski definition) is 3. The lowest BCUT2D eigenvalue weighted by molar-refractivity contribution is -0.140. The summed E-state index contributed by atoms with van der Waals surface area (Å²) in [7, 11) is 0. The molecule has 2 saturated carbocycles. The van der Waals surface area contributed by atoms with Gasteiger partial charge in [-0.15, -0.1) is 0 Å². The third-order valence-electron chi connectivity index (χ3n) is 6.42. The van der Waals surface area contributed by atoms with Gasteiger partial charge < -0.3 is 10.6 Å². The Morgan fingerprint density at radius 3 is 2.30 bits per heavy atom. The zero-order valence-electron chi connectivity index (χ0n) is 17.0. The number of aromatic nitrogens is 1. The van der Waals surface area contributed by atoms with E-state index in [2.05, 4.69) is 15.6 Å². The lowest BCUT2D eigenvalue weighted by Crippen LogP contribution is -2.43. The van der Waals surface area contributed by atoms with Crippen molar-refractivity contribution in [1.29, 1.82) is 0 Å². The Labute approximate surface area is 174 Å². The minimum atomic E-state index is -4.48. The van der Waals surface area contributed by atoms with Crippen LogP contribution in [-0.4, -0.2) is 23.0 Å². The van der Waals surface area contributed by atoms with Crippen molar-refractivity contribution in [2.45, 2.75) is 76.0 Å². The number of hydrogen-bond donors (Lipinski definition) is 2. The molecule has 7 heteroatoms. The molecule has 2 aromatic rings. The Bertz CT molecular complexity index is 885. The molecule has 2 aliphatic carbocycles. The highest BCUT2D eigenvalue weighted by atomic mass is 19.4. The van der Waals surface area contributed by atoms with Gasteiger partial charge in [0.1, 0.15) is 5.69 Å². The number of amides is 1. The first-order valence-corrected chi connectivity index (χ1v) is 10.9. The second-order valence-corrected chi connectivity index (χ2v) is 8.61. The quantitative estimate of drug-likeness (QED) is 0.671. The van der Waals surface area contributed by atoms with E-state index in [1.54, 1.807) is 24.3 Å². The Kier molecular flexibility index (Phi) is 6.16. The van der Waals surface area contributed by atoms with Crippen molar-refractivity contribution in [3.63, 3.8) is 0 Å². The fourth-order valence-corrected chi connectivity index (χ4v) is 4.73. The van der Waals surface area contributed by atoms with Gasteiger partial charge in [-0.1, -0.05) is 37.5 Å². The van der Waals surface area contributed by atoms with E-state index >= 15 is 0 Å². The van der Waals surface area contributed by atoms with Crippen LogP contribution in [0.1, 0.15) is 63.5 Å². The van der Waals surface area contributed by atoms with Crippen molar-refractivity contribution >= 4 is 22.5 Å². The summed E-state index contributed by atoms with van der Waals surface area (Å²) in [5.74, 6) is 0.333. The first kappa shape index (κ1) is 20.9. The van der Waals surface area contributed by atoms with Crippen LogP contribution >= 0.6 is 0 Å². The molecule has 0 aliphatic heterocycles. The molecule has 30 heavy (non-hydrogen) atoms. The second kappa shape index (κ2) is 8.82. The first-order chi connectivity index (χ1) is 14.4. The highest BCUT2D eigenvalue weighted by Crippen LogP contribution is 2.34. The van der Waals surface area contributed by atoms with E-state index in [1.165, 1.54) is 6.42 Å². The van der Waals surface area contributed by atoms with Gasteiger partial charge in [-0.25, -0.2) is 4.98 Å². The van der Waals surface area contributed by atoms with E-state index in [1.807, 2.05) is 0 Å². The predicted octanol–water partition coefficient (Wildman–Crippen LogP) is 5.67. The maximum absolute atomic E-state index is 13.3. The van der Waals surface area contributed by atoms with E-state index in [9.17, 15) is 18.0 Å². The number of carbonyl (C=O) groups excluding carboxylic acids is 1. The van der Waals surface area contributed by atoms with Crippen LogP contribution in [0, 0.1) is 5.92 Å². The van der Waals surface area contributed by atoms with Gasteiger partial charge in [-0.2, -0.15) is 13.2 Å². The Hall–Kier alpha value is -2.31. The molecule has 4 rings (SSSR count). The van der Waals surface area contributed by atoms with Crippen LogP contribution in [-0.2, 0) is 11.0 Å². The summed E-state index contributed by atoms with van der Waals surface area (Å²) in [6.45, 7) is 0. The number of para-hydroxylation sites is 1. The van der Waals surface area contributed by atoms with Gasteiger partial charge >= 0.3 is 6.18 Å². The van der Waals surface area contributed by atoms with Crippen LogP contribution in [0.15, 0.2) is 30.3 Å². The largest absolute Gasteiger partial charge is 0.433 e. The average Bonchev–Trinajstić information content (AvgIpc) is 2.75. The molecule has 0 radical (unpaired) electrons. The molecule has 1 amide bonds. The molecule has 2 N–H and O–H groups in total. The first-order valence-electron chi connectivity index (χ1n) is 10.9. The molecule has 0 bridgehead atoms. The standard InChI is InChI=1S/C23H28F3N3O/c24-23(25,26)21-14-20(18-8-4-5-9-19(18)29-21)27-16-10-12-17(13-11-16)28-22(30)15-6-2-1-3-7-15/h4-5,8-9,14-17H,1-3,6-7,10-13H2,(H,27,29)(H,28,30). The van der Waals surface area contributed by atoms with Crippen molar-refractivity contribution in [1.82, 2.24) is 10.3 Å². The molecule has 2 aliphatic rings. The molecular formula is C23H28F3N3O. The fourth-order valence-electron chi connectivity index (χ4n) is 4.73. The van der Waals surface area contributed by atoms with Gasteiger partial charge in [0, 0.05) is 29.1 Å². The van der Waals surface area contributed by atoms with Crippen LogP contribution in [0.2, 0.25) is 0 Å². The lowest BCUT2D eigenvalue weighted by atomic mass is 9.87. The summed E-state index contributed by atoms with van der Waals surface area (Å²) in [6, 6.07) is 8.25. The molecule has 1 heterocycles. The highest BCUT2D eigenvalue weighted by Gasteiger charge is 2.34. The van der Waals surface area contributed by atoms with Gasteiger partial charge in [0.25, 0.3) is 0 Å². The zero-order valence-corrected chi connectivity index (χ0v) is 17.0. The summed E-state index contributed by atoms with van der Waals surface area (Å²) < 4.78 is 39.8. The predicted molar refractivity (Wildman–Crippen MR) is 111 cm³/mol. The van der Waals surface area contributed by atoms with Gasteiger partial charge in [0.15, 0.2) is 0 Å². The molecule has 4 nitrogen and oxygen atoms in total. The lowest BCUT2D eigenvalue weighted by Gasteiger charge is -2.32. The summed E-state index contributed by atoms with van der Waals surface area (Å²) in [5.41, 5.74) is -0.0667. The number of pyridine rings is 1. The summed E-state index contributed by atoms with van der Waals surface area (Å²) in [6.07, 6.45) is 4.28. The zero-order chi connectivity index (χ0) is 21.1. The topological polar surface area (TPSA) is 54.0 Å². The number of benzene rings is 1. The Morgan fingerprint density at radius 2 is 1.60 bits per heavy atom. The van der Waals surface area contributed by atoms with E-state index in [0.717, 1.165) is 57.4 Å². The Balaban J connectivity index is 1.39. The number of halogens is 3. The van der Waals surface area contributed by atoms with Crippen LogP contribution in [0.25, 0.3) is 10.9 Å². The third-order valence-corrected chi connectivity index (χ3v) is 6.42. The van der Waals surface area contributed by atoms with E-state index in [4.69, 9.17) is 0 Å². The number of rotatable bonds is 4. The van der Waals surface area contributed by atoms with Crippen LogP contribution in [0.5, 0.6) is 0 Å². The molecule has 1 aromatic heterocycles. The molecule has 1 aromatic carbocycles. The van der Waals surface area contributed by atoms with Gasteiger partial charge in [-0.3, -0.25) is 4.79 Å². The summed E-state index contributed by atoms with van der Waals surface area (Å²) >= 11 is 0. The number of nitrogens with zero attached hydrogens (tertiary/aromatic N) is 1. The van der Waals surface area contributed by atoms with Crippen molar-refractivity contribution in [3.8, 4) is 0 Å². The number of fused-ring (bicyclic) bond motifs is 1. The normalized spacial score (nSPS) is 23.3. The SMILES string of the molecule is O=C(NC1CCC(Nc2cc(C(F)(F)F)nc3ccccc23)CC1)C1CCCCC1. The van der Waals surface area contributed by atoms with Crippen LogP contribution < -0.4 is 10.6 Å². The van der Waals surface area contributed by atoms with Gasteiger partial charge in [0.2, 0.25) is 5.91 Å². The molecule has 0 spiro atoms. The third kappa shape index (κ3) is 4.87. The molecular weight excluding hydrogens is 391 g/mol. The molecule has 0 atom stereocenters. The smallest absolute Gasteiger partial charge is 0.382 e. The van der Waals surface area contributed by atoms with Gasteiger partial charge in [-0.05, 0) is 50.7 Å². The van der Waals surface area contributed by atoms with E-state index in [-0.39, 0.29) is 23.9 Å². The van der Waals surface area contributed by atoms with Crippen LogP contribution in [0.4, 0.5) is 18.9 Å². The molecule has 0 saturated heterocycles. The monoisotopic (exact) mass is 419 g/mol. The number of nitrogens with one attached hydrogen (secondary N) is 2. The minimum Gasteiger partial charge on any atom is -0.382 e. The summed E-state index contributed by atoms with van der Waals surface area (Å²) in [4.78, 5) is 16.3. The highest BCUT2D eigenvalue weighted by molar-refractivity contribution is 5.91. The minimum absolute atomic E-state index is 0.0831. The molecule has 2 fully saturated rings. The van der Waals surface area contributed by atoms with Crippen molar-refractivity contribution in [2.75, 3.05) is 5.32 Å². The van der Waals surface area contributed by atoms with Gasteiger partial charge in [0.05, 0.1) is 5.52 Å². The van der Waals surface area contributed by atoms with Crippen molar-refractivity contribution in [3.05, 3.63) is 36.0 Å². The second-order valence-electron chi connectivity index (χ2n) is 8.61. The molecule has 0 unspecified atom stereocenters. The van der Waals surface area contributed by atoms with E-state index < -0.39 is 11.9 Å². The Morgan fingerprint density at radius 1 is 0.933 bits per heavy atom. The average molecular weight is 419 g/mol. The maximum atomic E-state index is 13.3. The van der Waals surface area contributed by atoms with E-state index in [0.29, 0.717) is 16.6 Å². The number of alkyl halides is 3. The number of anilines is 1.